The SMILES string of the molecule is CC(C)C1=CC2=CCCCC2=C1. The molecule has 0 spiro atoms. The van der Waals surface area contributed by atoms with Crippen molar-refractivity contribution in [3.05, 3.63) is 34.9 Å². The van der Waals surface area contributed by atoms with E-state index in [1.54, 1.807) is 5.57 Å². The molecule has 0 heterocycles. The smallest absolute Gasteiger partial charge is 0.0219 e. The van der Waals surface area contributed by atoms with Crippen LogP contribution in [0.4, 0.5) is 0 Å². The molecule has 2 aliphatic carbocycles. The topological polar surface area (TPSA) is 0 Å². The molecule has 0 bridgehead atoms. The third kappa shape index (κ3) is 1.26. The lowest BCUT2D eigenvalue weighted by Crippen LogP contribution is -1.90. The van der Waals surface area contributed by atoms with Crippen LogP contribution in [0, 0.1) is 5.92 Å². The number of rotatable bonds is 1. The molecule has 0 heteroatoms. The van der Waals surface area contributed by atoms with Crippen LogP contribution in [0.1, 0.15) is 33.1 Å². The molecule has 0 aromatic carbocycles. The number of allylic oxidation sites excluding steroid dienone is 6. The monoisotopic (exact) mass is 160 g/mol. The molecule has 0 fully saturated rings. The Morgan fingerprint density at radius 3 is 2.75 bits per heavy atom. The van der Waals surface area contributed by atoms with Gasteiger partial charge < -0.3 is 0 Å². The van der Waals surface area contributed by atoms with E-state index in [-0.39, 0.29) is 0 Å². The Balaban J connectivity index is 2.29. The van der Waals surface area contributed by atoms with Gasteiger partial charge in [0.15, 0.2) is 0 Å². The third-order valence-corrected chi connectivity index (χ3v) is 2.72. The Hall–Kier alpha value is -0.780. The van der Waals surface area contributed by atoms with Gasteiger partial charge in [-0.25, -0.2) is 0 Å². The normalized spacial score (nSPS) is 21.8. The third-order valence-electron chi connectivity index (χ3n) is 2.72. The quantitative estimate of drug-likeness (QED) is 0.549. The van der Waals surface area contributed by atoms with Gasteiger partial charge in [0.05, 0.1) is 0 Å². The molecule has 0 aromatic heterocycles. The van der Waals surface area contributed by atoms with Crippen LogP contribution in [0.5, 0.6) is 0 Å². The van der Waals surface area contributed by atoms with E-state index in [4.69, 9.17) is 0 Å². The molecule has 12 heavy (non-hydrogen) atoms. The van der Waals surface area contributed by atoms with Crippen molar-refractivity contribution in [2.45, 2.75) is 33.1 Å². The van der Waals surface area contributed by atoms with Crippen LogP contribution in [0.15, 0.2) is 34.9 Å². The second-order valence-electron chi connectivity index (χ2n) is 4.02. The lowest BCUT2D eigenvalue weighted by atomic mass is 9.96. The second-order valence-corrected chi connectivity index (χ2v) is 4.02. The van der Waals surface area contributed by atoms with Gasteiger partial charge in [0.25, 0.3) is 0 Å². The molecule has 0 aromatic rings. The van der Waals surface area contributed by atoms with Crippen molar-refractivity contribution in [3.8, 4) is 0 Å². The fourth-order valence-corrected chi connectivity index (χ4v) is 1.89. The summed E-state index contributed by atoms with van der Waals surface area (Å²) in [6.07, 6.45) is 11.0. The maximum atomic E-state index is 2.38. The average molecular weight is 160 g/mol. The van der Waals surface area contributed by atoms with Crippen LogP contribution in [-0.2, 0) is 0 Å². The summed E-state index contributed by atoms with van der Waals surface area (Å²) in [7, 11) is 0. The fraction of sp³-hybridized carbons (Fsp3) is 0.500. The standard InChI is InChI=1S/C12H16/c1-9(2)12-7-10-5-3-4-6-11(10)8-12/h5,7-9H,3-4,6H2,1-2H3. The maximum absolute atomic E-state index is 2.38. The van der Waals surface area contributed by atoms with Crippen LogP contribution in [0.3, 0.4) is 0 Å². The predicted molar refractivity (Wildman–Crippen MR) is 52.9 cm³/mol. The van der Waals surface area contributed by atoms with Gasteiger partial charge >= 0.3 is 0 Å². The van der Waals surface area contributed by atoms with Crippen molar-refractivity contribution in [1.82, 2.24) is 0 Å². The Kier molecular flexibility index (Phi) is 1.92. The molecule has 0 N–H and O–H groups in total. The van der Waals surface area contributed by atoms with E-state index < -0.39 is 0 Å². The van der Waals surface area contributed by atoms with Crippen molar-refractivity contribution < 1.29 is 0 Å². The minimum absolute atomic E-state index is 0.684. The molecule has 0 nitrogen and oxygen atoms in total. The molecule has 0 aliphatic heterocycles. The van der Waals surface area contributed by atoms with Gasteiger partial charge in [0.1, 0.15) is 0 Å². The Labute approximate surface area is 74.7 Å². The fourth-order valence-electron chi connectivity index (χ4n) is 1.89. The first-order valence-corrected chi connectivity index (χ1v) is 4.90. The highest BCUT2D eigenvalue weighted by atomic mass is 14.2. The van der Waals surface area contributed by atoms with Crippen LogP contribution in [-0.4, -0.2) is 0 Å². The van der Waals surface area contributed by atoms with Gasteiger partial charge in [-0.05, 0) is 41.9 Å². The van der Waals surface area contributed by atoms with Crippen LogP contribution in [0.25, 0.3) is 0 Å². The zero-order valence-corrected chi connectivity index (χ0v) is 7.93. The maximum Gasteiger partial charge on any atom is -0.0219 e. The van der Waals surface area contributed by atoms with Gasteiger partial charge in [-0.15, -0.1) is 0 Å². The molecule has 64 valence electrons. The van der Waals surface area contributed by atoms with Gasteiger partial charge in [0, 0.05) is 0 Å². The first-order valence-electron chi connectivity index (χ1n) is 4.90. The average Bonchev–Trinajstić information content (AvgIpc) is 2.46. The second kappa shape index (κ2) is 2.93. The van der Waals surface area contributed by atoms with Gasteiger partial charge in [-0.1, -0.05) is 32.1 Å². The van der Waals surface area contributed by atoms with Crippen LogP contribution in [0.2, 0.25) is 0 Å². The van der Waals surface area contributed by atoms with Crippen molar-refractivity contribution in [3.63, 3.8) is 0 Å². The minimum Gasteiger partial charge on any atom is -0.0770 e. The predicted octanol–water partition coefficient (Wildman–Crippen LogP) is 3.62. The summed E-state index contributed by atoms with van der Waals surface area (Å²) in [5.74, 6) is 0.684. The lowest BCUT2D eigenvalue weighted by Gasteiger charge is -2.09. The molecular formula is C12H16. The Bertz CT molecular complexity index is 274. The molecular weight excluding hydrogens is 144 g/mol. The highest BCUT2D eigenvalue weighted by Gasteiger charge is 2.15. The van der Waals surface area contributed by atoms with Gasteiger partial charge in [-0.2, -0.15) is 0 Å². The zero-order chi connectivity index (χ0) is 8.55. The van der Waals surface area contributed by atoms with Crippen LogP contribution < -0.4 is 0 Å². The molecule has 0 saturated carbocycles. The minimum atomic E-state index is 0.684. The number of fused-ring (bicyclic) bond motifs is 1. The summed E-state index contributed by atoms with van der Waals surface area (Å²) in [6, 6.07) is 0. The first kappa shape index (κ1) is 7.85. The van der Waals surface area contributed by atoms with E-state index in [0.29, 0.717) is 5.92 Å². The van der Waals surface area contributed by atoms with E-state index in [2.05, 4.69) is 32.1 Å². The van der Waals surface area contributed by atoms with E-state index in [0.717, 1.165) is 0 Å². The lowest BCUT2D eigenvalue weighted by molar-refractivity contribution is 0.791. The van der Waals surface area contributed by atoms with Gasteiger partial charge in [-0.3, -0.25) is 0 Å². The van der Waals surface area contributed by atoms with E-state index in [9.17, 15) is 0 Å². The Morgan fingerprint density at radius 1 is 1.25 bits per heavy atom. The molecule has 2 aliphatic rings. The Morgan fingerprint density at radius 2 is 2.08 bits per heavy atom. The highest BCUT2D eigenvalue weighted by Crippen LogP contribution is 2.34. The van der Waals surface area contributed by atoms with Crippen LogP contribution >= 0.6 is 0 Å². The van der Waals surface area contributed by atoms with Crippen molar-refractivity contribution in [1.29, 1.82) is 0 Å². The first-order chi connectivity index (χ1) is 5.77. The van der Waals surface area contributed by atoms with Gasteiger partial charge in [0.2, 0.25) is 0 Å². The molecule has 0 unspecified atom stereocenters. The summed E-state index contributed by atoms with van der Waals surface area (Å²) in [5, 5.41) is 0. The highest BCUT2D eigenvalue weighted by molar-refractivity contribution is 5.54. The largest absolute Gasteiger partial charge is 0.0770 e. The summed E-state index contributed by atoms with van der Waals surface area (Å²) >= 11 is 0. The number of hydrogen-bond acceptors (Lipinski definition) is 0. The van der Waals surface area contributed by atoms with Crippen molar-refractivity contribution >= 4 is 0 Å². The molecule has 0 saturated heterocycles. The summed E-state index contributed by atoms with van der Waals surface area (Å²) in [5.41, 5.74) is 4.59. The summed E-state index contributed by atoms with van der Waals surface area (Å²) in [4.78, 5) is 0. The zero-order valence-electron chi connectivity index (χ0n) is 7.93. The van der Waals surface area contributed by atoms with Crippen molar-refractivity contribution in [2.75, 3.05) is 0 Å². The molecule has 0 atom stereocenters. The molecule has 2 rings (SSSR count). The number of hydrogen-bond donors (Lipinski definition) is 0. The van der Waals surface area contributed by atoms with E-state index in [1.807, 2.05) is 0 Å². The van der Waals surface area contributed by atoms with Crippen molar-refractivity contribution in [2.24, 2.45) is 5.92 Å². The van der Waals surface area contributed by atoms with E-state index in [1.165, 1.54) is 30.4 Å². The van der Waals surface area contributed by atoms with E-state index >= 15 is 0 Å². The molecule has 0 radical (unpaired) electrons. The summed E-state index contributed by atoms with van der Waals surface area (Å²) in [6.45, 7) is 4.53. The molecule has 0 amide bonds. The summed E-state index contributed by atoms with van der Waals surface area (Å²) < 4.78 is 0.